The Balaban J connectivity index is 2.04. The lowest BCUT2D eigenvalue weighted by molar-refractivity contribution is -0.155. The van der Waals surface area contributed by atoms with E-state index in [1.807, 2.05) is 6.92 Å². The van der Waals surface area contributed by atoms with Crippen LogP contribution in [0.3, 0.4) is 0 Å². The predicted octanol–water partition coefficient (Wildman–Crippen LogP) is 4.10. The molecule has 30 heavy (non-hydrogen) atoms. The number of esters is 2. The number of phenolic OH excluding ortho intramolecular Hbond substituents is 1. The van der Waals surface area contributed by atoms with Gasteiger partial charge in [-0.1, -0.05) is 20.8 Å². The fourth-order valence-corrected chi connectivity index (χ4v) is 7.40. The summed E-state index contributed by atoms with van der Waals surface area (Å²) in [5, 5.41) is 11.0. The highest BCUT2D eigenvalue weighted by Gasteiger charge is 2.47. The van der Waals surface area contributed by atoms with Crippen molar-refractivity contribution in [3.05, 3.63) is 22.8 Å². The van der Waals surface area contributed by atoms with E-state index < -0.39 is 26.0 Å². The molecule has 0 amide bonds. The van der Waals surface area contributed by atoms with Crippen molar-refractivity contribution in [2.45, 2.75) is 83.4 Å². The second-order valence-electron chi connectivity index (χ2n) is 8.35. The molecule has 0 aliphatic carbocycles. The Bertz CT molecular complexity index is 825. The Hall–Kier alpha value is -2.06. The van der Waals surface area contributed by atoms with Crippen molar-refractivity contribution in [3.63, 3.8) is 0 Å². The molecule has 1 aromatic rings. The third-order valence-corrected chi connectivity index (χ3v) is 11.5. The molecule has 1 unspecified atom stereocenters. The fourth-order valence-electron chi connectivity index (χ4n) is 4.46. The Morgan fingerprint density at radius 1 is 1.23 bits per heavy atom. The van der Waals surface area contributed by atoms with Crippen molar-refractivity contribution in [1.29, 1.82) is 0 Å². The number of benzene rings is 1. The summed E-state index contributed by atoms with van der Waals surface area (Å²) in [6.07, 6.45) is 0.805. The molecule has 0 bridgehead atoms. The van der Waals surface area contributed by atoms with Gasteiger partial charge in [-0.25, -0.2) is 4.79 Å². The highest BCUT2D eigenvalue weighted by atomic mass is 28.4. The van der Waals surface area contributed by atoms with Crippen LogP contribution in [0.4, 0.5) is 0 Å². The minimum Gasteiger partial charge on any atom is -0.507 e. The van der Waals surface area contributed by atoms with E-state index in [4.69, 9.17) is 18.6 Å². The van der Waals surface area contributed by atoms with Gasteiger partial charge in [-0.15, -0.1) is 0 Å². The van der Waals surface area contributed by atoms with Crippen molar-refractivity contribution in [1.82, 2.24) is 0 Å². The maximum atomic E-state index is 12.0. The SMILES string of the molecule is CC[Si](CC)(CC)OC(Cc1c(OC)cc2c(c1O)COC2=O)[C@]1(C)CCC(=O)O1. The Labute approximate surface area is 178 Å². The van der Waals surface area contributed by atoms with Gasteiger partial charge in [0.25, 0.3) is 0 Å². The summed E-state index contributed by atoms with van der Waals surface area (Å²) in [5.41, 5.74) is 0.559. The van der Waals surface area contributed by atoms with Crippen LogP contribution in [0, 0.1) is 0 Å². The van der Waals surface area contributed by atoms with Gasteiger partial charge in [0, 0.05) is 24.0 Å². The number of hydrogen-bond donors (Lipinski definition) is 1. The highest BCUT2D eigenvalue weighted by molar-refractivity contribution is 6.73. The van der Waals surface area contributed by atoms with Crippen LogP contribution in [0.25, 0.3) is 0 Å². The number of rotatable bonds is 9. The number of hydrogen-bond acceptors (Lipinski definition) is 7. The summed E-state index contributed by atoms with van der Waals surface area (Å²) in [5.74, 6) is -0.298. The van der Waals surface area contributed by atoms with Crippen LogP contribution in [-0.2, 0) is 31.7 Å². The Kier molecular flexibility index (Phi) is 6.47. The molecule has 0 spiro atoms. The average molecular weight is 437 g/mol. The molecule has 2 heterocycles. The first-order valence-electron chi connectivity index (χ1n) is 10.7. The van der Waals surface area contributed by atoms with E-state index in [0.717, 1.165) is 18.1 Å². The van der Waals surface area contributed by atoms with Gasteiger partial charge >= 0.3 is 11.9 Å². The first-order chi connectivity index (χ1) is 14.2. The summed E-state index contributed by atoms with van der Waals surface area (Å²) < 4.78 is 23.1. The van der Waals surface area contributed by atoms with Gasteiger partial charge in [-0.05, 0) is 37.5 Å². The Morgan fingerprint density at radius 2 is 1.90 bits per heavy atom. The van der Waals surface area contributed by atoms with Crippen LogP contribution in [0.15, 0.2) is 6.07 Å². The largest absolute Gasteiger partial charge is 0.507 e. The van der Waals surface area contributed by atoms with Gasteiger partial charge in [0.2, 0.25) is 0 Å². The molecule has 8 heteroatoms. The molecule has 0 saturated carbocycles. The highest BCUT2D eigenvalue weighted by Crippen LogP contribution is 2.43. The normalized spacial score (nSPS) is 21.9. The van der Waals surface area contributed by atoms with E-state index in [1.165, 1.54) is 7.11 Å². The molecule has 1 N–H and O–H groups in total. The number of aromatic hydroxyl groups is 1. The summed E-state index contributed by atoms with van der Waals surface area (Å²) >= 11 is 0. The Morgan fingerprint density at radius 3 is 2.43 bits per heavy atom. The standard InChI is InChI=1S/C22H32O7Si/c1-6-30(7-2,8-3)29-18(22(4)10-9-19(23)28-22)12-15-17(26-5)11-14-16(20(15)24)13-27-21(14)25/h11,18,24H,6-10,12-13H2,1-5H3/t18?,22-/m0/s1. The van der Waals surface area contributed by atoms with Crippen LogP contribution >= 0.6 is 0 Å². The molecule has 7 nitrogen and oxygen atoms in total. The minimum absolute atomic E-state index is 0.00603. The molecule has 2 atom stereocenters. The maximum absolute atomic E-state index is 12.0. The summed E-state index contributed by atoms with van der Waals surface area (Å²) in [6.45, 7) is 8.39. The van der Waals surface area contributed by atoms with Crippen LogP contribution in [-0.4, -0.2) is 44.2 Å². The van der Waals surface area contributed by atoms with Crippen molar-refractivity contribution in [2.24, 2.45) is 0 Å². The molecule has 2 aliphatic rings. The summed E-state index contributed by atoms with van der Waals surface area (Å²) in [6, 6.07) is 4.48. The van der Waals surface area contributed by atoms with Crippen molar-refractivity contribution >= 4 is 20.3 Å². The number of fused-ring (bicyclic) bond motifs is 1. The maximum Gasteiger partial charge on any atom is 0.339 e. The molecule has 0 aromatic heterocycles. The van der Waals surface area contributed by atoms with Gasteiger partial charge in [0.15, 0.2) is 8.32 Å². The van der Waals surface area contributed by atoms with E-state index in [-0.39, 0.29) is 18.3 Å². The number of ether oxygens (including phenoxy) is 3. The van der Waals surface area contributed by atoms with E-state index in [1.54, 1.807) is 6.07 Å². The van der Waals surface area contributed by atoms with E-state index in [0.29, 0.717) is 41.7 Å². The van der Waals surface area contributed by atoms with Crippen LogP contribution < -0.4 is 4.74 Å². The zero-order valence-electron chi connectivity index (χ0n) is 18.5. The smallest absolute Gasteiger partial charge is 0.339 e. The van der Waals surface area contributed by atoms with Crippen LogP contribution in [0.1, 0.15) is 62.0 Å². The van der Waals surface area contributed by atoms with E-state index in [9.17, 15) is 14.7 Å². The zero-order chi connectivity index (χ0) is 22.1. The second kappa shape index (κ2) is 8.59. The fraction of sp³-hybridized carbons (Fsp3) is 0.636. The average Bonchev–Trinajstić information content (AvgIpc) is 3.29. The summed E-state index contributed by atoms with van der Waals surface area (Å²) in [7, 11) is -0.539. The number of phenols is 1. The molecule has 166 valence electrons. The topological polar surface area (TPSA) is 91.3 Å². The molecule has 1 saturated heterocycles. The first-order valence-corrected chi connectivity index (χ1v) is 13.2. The second-order valence-corrected chi connectivity index (χ2v) is 13.1. The molecule has 0 radical (unpaired) electrons. The predicted molar refractivity (Wildman–Crippen MR) is 113 cm³/mol. The van der Waals surface area contributed by atoms with Gasteiger partial charge in [-0.2, -0.15) is 0 Å². The van der Waals surface area contributed by atoms with Crippen molar-refractivity contribution in [2.75, 3.05) is 7.11 Å². The molecule has 1 fully saturated rings. The third-order valence-electron chi connectivity index (χ3n) is 6.83. The monoisotopic (exact) mass is 436 g/mol. The van der Waals surface area contributed by atoms with Gasteiger partial charge in [-0.3, -0.25) is 4.79 Å². The van der Waals surface area contributed by atoms with Crippen LogP contribution in [0.2, 0.25) is 18.1 Å². The van der Waals surface area contributed by atoms with Crippen LogP contribution in [0.5, 0.6) is 11.5 Å². The lowest BCUT2D eigenvalue weighted by Gasteiger charge is -2.40. The minimum atomic E-state index is -2.04. The number of carbonyl (C=O) groups is 2. The number of cyclic esters (lactones) is 2. The lowest BCUT2D eigenvalue weighted by Crippen LogP contribution is -2.50. The van der Waals surface area contributed by atoms with Crippen molar-refractivity contribution in [3.8, 4) is 11.5 Å². The quantitative estimate of drug-likeness (QED) is 0.460. The molecular formula is C22H32O7Si. The van der Waals surface area contributed by atoms with Crippen molar-refractivity contribution < 1.29 is 33.3 Å². The third kappa shape index (κ3) is 3.95. The van der Waals surface area contributed by atoms with E-state index in [2.05, 4.69) is 20.8 Å². The molecular weight excluding hydrogens is 404 g/mol. The molecule has 2 aliphatic heterocycles. The first kappa shape index (κ1) is 22.6. The van der Waals surface area contributed by atoms with Gasteiger partial charge < -0.3 is 23.7 Å². The molecule has 3 rings (SSSR count). The van der Waals surface area contributed by atoms with Gasteiger partial charge in [0.1, 0.15) is 23.7 Å². The summed E-state index contributed by atoms with van der Waals surface area (Å²) in [4.78, 5) is 23.9. The molecule has 1 aromatic carbocycles. The lowest BCUT2D eigenvalue weighted by atomic mass is 9.89. The number of carbonyl (C=O) groups excluding carboxylic acids is 2. The number of methoxy groups -OCH3 is 1. The zero-order valence-corrected chi connectivity index (χ0v) is 19.5. The van der Waals surface area contributed by atoms with E-state index >= 15 is 0 Å². The van der Waals surface area contributed by atoms with Gasteiger partial charge in [0.05, 0.1) is 18.8 Å².